The molecule has 0 saturated carbocycles. The first kappa shape index (κ1) is 12.6. The lowest BCUT2D eigenvalue weighted by Gasteiger charge is -2.03. The van der Waals surface area contributed by atoms with E-state index in [9.17, 15) is 9.59 Å². The van der Waals surface area contributed by atoms with Crippen molar-refractivity contribution in [1.82, 2.24) is 10.3 Å². The standard InChI is InChI=1S/C10H15N3O2S/c1-4-11-9(15)7-5-12-10(16-7)13-8(14)6(2)3/h5-6H,4H2,1-3H3,(H,11,15)(H,12,13,14). The van der Waals surface area contributed by atoms with Crippen LogP contribution in [0.3, 0.4) is 0 Å². The molecule has 5 nitrogen and oxygen atoms in total. The summed E-state index contributed by atoms with van der Waals surface area (Å²) in [6, 6.07) is 0. The van der Waals surface area contributed by atoms with E-state index in [1.165, 1.54) is 17.5 Å². The van der Waals surface area contributed by atoms with Gasteiger partial charge in [0.25, 0.3) is 5.91 Å². The zero-order valence-electron chi connectivity index (χ0n) is 9.53. The summed E-state index contributed by atoms with van der Waals surface area (Å²) in [5.41, 5.74) is 0. The second kappa shape index (κ2) is 5.60. The van der Waals surface area contributed by atoms with Gasteiger partial charge in [-0.05, 0) is 6.92 Å². The van der Waals surface area contributed by atoms with Crippen LogP contribution in [0.15, 0.2) is 6.20 Å². The van der Waals surface area contributed by atoms with Crippen LogP contribution in [-0.2, 0) is 4.79 Å². The molecule has 0 atom stereocenters. The molecule has 0 aromatic carbocycles. The van der Waals surface area contributed by atoms with Gasteiger partial charge < -0.3 is 10.6 Å². The summed E-state index contributed by atoms with van der Waals surface area (Å²) in [4.78, 5) is 27.3. The van der Waals surface area contributed by atoms with Gasteiger partial charge in [-0.15, -0.1) is 0 Å². The fourth-order valence-corrected chi connectivity index (χ4v) is 1.67. The molecule has 1 aromatic rings. The summed E-state index contributed by atoms with van der Waals surface area (Å²) in [6.45, 7) is 6.02. The number of anilines is 1. The molecule has 0 unspecified atom stereocenters. The van der Waals surface area contributed by atoms with Gasteiger partial charge >= 0.3 is 0 Å². The third-order valence-corrected chi connectivity index (χ3v) is 2.73. The lowest BCUT2D eigenvalue weighted by Crippen LogP contribution is -2.21. The molecule has 1 aromatic heterocycles. The van der Waals surface area contributed by atoms with Gasteiger partial charge in [-0.1, -0.05) is 25.2 Å². The van der Waals surface area contributed by atoms with E-state index in [-0.39, 0.29) is 17.7 Å². The normalized spacial score (nSPS) is 10.2. The van der Waals surface area contributed by atoms with Crippen molar-refractivity contribution in [3.05, 3.63) is 11.1 Å². The summed E-state index contributed by atoms with van der Waals surface area (Å²) in [6.07, 6.45) is 1.46. The molecule has 0 spiro atoms. The third kappa shape index (κ3) is 3.30. The molecule has 1 rings (SSSR count). The van der Waals surface area contributed by atoms with E-state index in [4.69, 9.17) is 0 Å². The number of amides is 2. The van der Waals surface area contributed by atoms with E-state index in [1.54, 1.807) is 13.8 Å². The maximum atomic E-state index is 11.4. The summed E-state index contributed by atoms with van der Waals surface area (Å²) in [5.74, 6) is -0.362. The molecular weight excluding hydrogens is 226 g/mol. The topological polar surface area (TPSA) is 71.1 Å². The van der Waals surface area contributed by atoms with Gasteiger partial charge in [0.1, 0.15) is 4.88 Å². The summed E-state index contributed by atoms with van der Waals surface area (Å²) in [7, 11) is 0. The van der Waals surface area contributed by atoms with Crippen LogP contribution >= 0.6 is 11.3 Å². The van der Waals surface area contributed by atoms with Crippen molar-refractivity contribution < 1.29 is 9.59 Å². The smallest absolute Gasteiger partial charge is 0.263 e. The number of rotatable bonds is 4. The van der Waals surface area contributed by atoms with Crippen LogP contribution in [0.4, 0.5) is 5.13 Å². The Hall–Kier alpha value is -1.43. The number of carbonyl (C=O) groups is 2. The minimum Gasteiger partial charge on any atom is -0.352 e. The van der Waals surface area contributed by atoms with Crippen molar-refractivity contribution in [3.63, 3.8) is 0 Å². The fraction of sp³-hybridized carbons (Fsp3) is 0.500. The molecular formula is C10H15N3O2S. The van der Waals surface area contributed by atoms with Gasteiger partial charge in [-0.25, -0.2) is 4.98 Å². The van der Waals surface area contributed by atoms with Crippen molar-refractivity contribution in [2.24, 2.45) is 5.92 Å². The molecule has 16 heavy (non-hydrogen) atoms. The molecule has 1 heterocycles. The first-order chi connectivity index (χ1) is 7.54. The Morgan fingerprint density at radius 3 is 2.75 bits per heavy atom. The number of thiazole rings is 1. The number of aromatic nitrogens is 1. The quantitative estimate of drug-likeness (QED) is 0.839. The highest BCUT2D eigenvalue weighted by Crippen LogP contribution is 2.18. The van der Waals surface area contributed by atoms with Crippen LogP contribution in [0, 0.1) is 5.92 Å². The number of nitrogens with one attached hydrogen (secondary N) is 2. The summed E-state index contributed by atoms with van der Waals surface area (Å²) in [5, 5.41) is 5.78. The number of nitrogens with zero attached hydrogens (tertiary/aromatic N) is 1. The van der Waals surface area contributed by atoms with E-state index < -0.39 is 0 Å². The van der Waals surface area contributed by atoms with Crippen molar-refractivity contribution in [2.45, 2.75) is 20.8 Å². The minimum atomic E-state index is -0.162. The lowest BCUT2D eigenvalue weighted by atomic mass is 10.2. The molecule has 0 saturated heterocycles. The first-order valence-electron chi connectivity index (χ1n) is 5.09. The van der Waals surface area contributed by atoms with Crippen molar-refractivity contribution in [1.29, 1.82) is 0 Å². The van der Waals surface area contributed by atoms with Gasteiger partial charge in [0.15, 0.2) is 5.13 Å². The third-order valence-electron chi connectivity index (χ3n) is 1.82. The van der Waals surface area contributed by atoms with E-state index >= 15 is 0 Å². The fourth-order valence-electron chi connectivity index (χ4n) is 0.934. The summed E-state index contributed by atoms with van der Waals surface area (Å²) < 4.78 is 0. The molecule has 2 N–H and O–H groups in total. The molecule has 0 aliphatic carbocycles. The maximum Gasteiger partial charge on any atom is 0.263 e. The zero-order valence-corrected chi connectivity index (χ0v) is 10.4. The molecule has 0 aliphatic heterocycles. The predicted molar refractivity (Wildman–Crippen MR) is 63.6 cm³/mol. The zero-order chi connectivity index (χ0) is 12.1. The van der Waals surface area contributed by atoms with E-state index in [2.05, 4.69) is 15.6 Å². The van der Waals surface area contributed by atoms with Crippen LogP contribution in [0.1, 0.15) is 30.4 Å². The van der Waals surface area contributed by atoms with Gasteiger partial charge in [-0.2, -0.15) is 0 Å². The van der Waals surface area contributed by atoms with Gasteiger partial charge in [0, 0.05) is 12.5 Å². The molecule has 2 amide bonds. The van der Waals surface area contributed by atoms with E-state index in [1.807, 2.05) is 6.92 Å². The van der Waals surface area contributed by atoms with Crippen LogP contribution < -0.4 is 10.6 Å². The van der Waals surface area contributed by atoms with Crippen LogP contribution in [0.2, 0.25) is 0 Å². The Bertz CT molecular complexity index is 387. The molecule has 0 bridgehead atoms. The van der Waals surface area contributed by atoms with Crippen molar-refractivity contribution in [3.8, 4) is 0 Å². The molecule has 0 fully saturated rings. The van der Waals surface area contributed by atoms with Crippen LogP contribution in [-0.4, -0.2) is 23.3 Å². The number of hydrogen-bond acceptors (Lipinski definition) is 4. The van der Waals surface area contributed by atoms with Gasteiger partial charge in [0.05, 0.1) is 6.20 Å². The van der Waals surface area contributed by atoms with Crippen LogP contribution in [0.5, 0.6) is 0 Å². The monoisotopic (exact) mass is 241 g/mol. The maximum absolute atomic E-state index is 11.4. The molecule has 88 valence electrons. The van der Waals surface area contributed by atoms with E-state index in [0.29, 0.717) is 16.6 Å². The van der Waals surface area contributed by atoms with Crippen LogP contribution in [0.25, 0.3) is 0 Å². The average Bonchev–Trinajstić information content (AvgIpc) is 2.66. The van der Waals surface area contributed by atoms with Crippen molar-refractivity contribution in [2.75, 3.05) is 11.9 Å². The Morgan fingerprint density at radius 1 is 1.50 bits per heavy atom. The van der Waals surface area contributed by atoms with Gasteiger partial charge in [0.2, 0.25) is 5.91 Å². The first-order valence-corrected chi connectivity index (χ1v) is 5.91. The second-order valence-electron chi connectivity index (χ2n) is 3.53. The van der Waals surface area contributed by atoms with Gasteiger partial charge in [-0.3, -0.25) is 9.59 Å². The highest BCUT2D eigenvalue weighted by atomic mass is 32.1. The lowest BCUT2D eigenvalue weighted by molar-refractivity contribution is -0.118. The SMILES string of the molecule is CCNC(=O)c1cnc(NC(=O)C(C)C)s1. The Balaban J connectivity index is 2.65. The van der Waals surface area contributed by atoms with Crippen molar-refractivity contribution >= 4 is 28.3 Å². The number of hydrogen-bond donors (Lipinski definition) is 2. The van der Waals surface area contributed by atoms with E-state index in [0.717, 1.165) is 0 Å². The minimum absolute atomic E-state index is 0.100. The highest BCUT2D eigenvalue weighted by Gasteiger charge is 2.12. The Kier molecular flexibility index (Phi) is 4.42. The predicted octanol–water partition coefficient (Wildman–Crippen LogP) is 1.49. The largest absolute Gasteiger partial charge is 0.352 e. The highest BCUT2D eigenvalue weighted by molar-refractivity contribution is 7.17. The number of carbonyl (C=O) groups excluding carboxylic acids is 2. The average molecular weight is 241 g/mol. The molecule has 0 aliphatic rings. The molecule has 6 heteroatoms. The molecule has 0 radical (unpaired) electrons. The summed E-state index contributed by atoms with van der Waals surface area (Å²) >= 11 is 1.17. The second-order valence-corrected chi connectivity index (χ2v) is 4.56. The Morgan fingerprint density at radius 2 is 2.19 bits per heavy atom. The Labute approximate surface area is 98.3 Å².